The normalized spacial score (nSPS) is 18.4. The van der Waals surface area contributed by atoms with E-state index in [0.29, 0.717) is 24.0 Å². The minimum Gasteiger partial charge on any atom is -0.353 e. The third kappa shape index (κ3) is 3.66. The lowest BCUT2D eigenvalue weighted by atomic mass is 10.2. The summed E-state index contributed by atoms with van der Waals surface area (Å²) < 4.78 is 14.4. The van der Waals surface area contributed by atoms with E-state index in [1.54, 1.807) is 0 Å². The third-order valence-corrected chi connectivity index (χ3v) is 3.86. The van der Waals surface area contributed by atoms with E-state index in [-0.39, 0.29) is 5.82 Å². The zero-order valence-electron chi connectivity index (χ0n) is 12.5. The van der Waals surface area contributed by atoms with E-state index in [2.05, 4.69) is 27.1 Å². The van der Waals surface area contributed by atoms with Gasteiger partial charge in [0, 0.05) is 19.1 Å². The van der Waals surface area contributed by atoms with Crippen LogP contribution >= 0.6 is 0 Å². The molecule has 0 spiro atoms. The Kier molecular flexibility index (Phi) is 5.71. The van der Waals surface area contributed by atoms with E-state index < -0.39 is 0 Å². The summed E-state index contributed by atoms with van der Waals surface area (Å²) in [5, 5.41) is 3.47. The van der Waals surface area contributed by atoms with Gasteiger partial charge < -0.3 is 10.2 Å². The van der Waals surface area contributed by atoms with Gasteiger partial charge in [-0.1, -0.05) is 20.3 Å². The van der Waals surface area contributed by atoms with Crippen molar-refractivity contribution in [1.29, 1.82) is 0 Å². The maximum Gasteiger partial charge on any atom is 0.187 e. The van der Waals surface area contributed by atoms with Crippen LogP contribution in [0.3, 0.4) is 0 Å². The molecule has 1 aliphatic rings. The highest BCUT2D eigenvalue weighted by Gasteiger charge is 2.22. The molecule has 2 heterocycles. The number of nitrogens with one attached hydrogen (secondary N) is 1. The first-order chi connectivity index (χ1) is 9.76. The summed E-state index contributed by atoms with van der Waals surface area (Å²) in [6.07, 6.45) is 6.61. The number of unbranched alkanes of at least 4 members (excludes halogenated alkanes) is 1. The fourth-order valence-electron chi connectivity index (χ4n) is 2.67. The van der Waals surface area contributed by atoms with Crippen LogP contribution in [-0.4, -0.2) is 35.6 Å². The number of hydrogen-bond acceptors (Lipinski definition) is 4. The molecule has 4 nitrogen and oxygen atoms in total. The average Bonchev–Trinajstić information content (AvgIpc) is 2.97. The topological polar surface area (TPSA) is 41.0 Å². The lowest BCUT2D eigenvalue weighted by Crippen LogP contribution is -2.39. The molecule has 1 unspecified atom stereocenters. The predicted molar refractivity (Wildman–Crippen MR) is 79.5 cm³/mol. The first-order valence-corrected chi connectivity index (χ1v) is 7.74. The third-order valence-electron chi connectivity index (χ3n) is 3.86. The van der Waals surface area contributed by atoms with Crippen molar-refractivity contribution in [2.45, 2.75) is 52.0 Å². The molecule has 5 heteroatoms. The molecule has 1 aromatic heterocycles. The number of anilines is 1. The molecular weight excluding hydrogens is 255 g/mol. The summed E-state index contributed by atoms with van der Waals surface area (Å²) >= 11 is 0. The zero-order chi connectivity index (χ0) is 14.4. The summed E-state index contributed by atoms with van der Waals surface area (Å²) in [6, 6.07) is 0.450. The minimum absolute atomic E-state index is 0.246. The van der Waals surface area contributed by atoms with E-state index >= 15 is 0 Å². The van der Waals surface area contributed by atoms with Crippen LogP contribution in [0.2, 0.25) is 0 Å². The van der Waals surface area contributed by atoms with Crippen LogP contribution in [-0.2, 0) is 6.42 Å². The number of rotatable bonds is 7. The van der Waals surface area contributed by atoms with Gasteiger partial charge in [0.2, 0.25) is 0 Å². The maximum absolute atomic E-state index is 14.4. The Morgan fingerprint density at radius 1 is 1.40 bits per heavy atom. The summed E-state index contributed by atoms with van der Waals surface area (Å²) in [4.78, 5) is 10.3. The molecule has 1 atom stereocenters. The number of halogens is 1. The number of aryl methyl sites for hydroxylation is 1. The lowest BCUT2D eigenvalue weighted by molar-refractivity contribution is 0.542. The van der Waals surface area contributed by atoms with Gasteiger partial charge in [0.25, 0.3) is 0 Å². The predicted octanol–water partition coefficient (Wildman–Crippen LogP) is 2.54. The van der Waals surface area contributed by atoms with E-state index in [4.69, 9.17) is 0 Å². The number of nitrogens with zero attached hydrogens (tertiary/aromatic N) is 3. The van der Waals surface area contributed by atoms with Crippen LogP contribution in [0, 0.1) is 5.82 Å². The van der Waals surface area contributed by atoms with Crippen LogP contribution < -0.4 is 10.2 Å². The van der Waals surface area contributed by atoms with E-state index in [1.807, 2.05) is 6.92 Å². The van der Waals surface area contributed by atoms with Crippen LogP contribution in [0.25, 0.3) is 0 Å². The SMILES string of the molecule is CCCCN(CC1CCCN1)c1ncnc(CC)c1F. The van der Waals surface area contributed by atoms with Gasteiger partial charge in [-0.3, -0.25) is 0 Å². The smallest absolute Gasteiger partial charge is 0.187 e. The van der Waals surface area contributed by atoms with Gasteiger partial charge in [0.1, 0.15) is 6.33 Å². The Morgan fingerprint density at radius 3 is 2.90 bits per heavy atom. The fourth-order valence-corrected chi connectivity index (χ4v) is 2.67. The molecule has 0 radical (unpaired) electrons. The average molecular weight is 280 g/mol. The second kappa shape index (κ2) is 7.53. The molecule has 0 aliphatic carbocycles. The highest BCUT2D eigenvalue weighted by Crippen LogP contribution is 2.20. The highest BCUT2D eigenvalue weighted by molar-refractivity contribution is 5.41. The minimum atomic E-state index is -0.246. The molecule has 1 aliphatic heterocycles. The van der Waals surface area contributed by atoms with Gasteiger partial charge >= 0.3 is 0 Å². The summed E-state index contributed by atoms with van der Waals surface area (Å²) in [6.45, 7) is 6.82. The molecule has 0 amide bonds. The summed E-state index contributed by atoms with van der Waals surface area (Å²) in [5.74, 6) is 0.225. The second-order valence-corrected chi connectivity index (χ2v) is 5.40. The van der Waals surface area contributed by atoms with Crippen LogP contribution in [0.4, 0.5) is 10.2 Å². The Labute approximate surface area is 120 Å². The first kappa shape index (κ1) is 15.2. The molecule has 112 valence electrons. The van der Waals surface area contributed by atoms with Crippen molar-refractivity contribution in [3.05, 3.63) is 17.8 Å². The van der Waals surface area contributed by atoms with Crippen molar-refractivity contribution < 1.29 is 4.39 Å². The Hall–Kier alpha value is -1.23. The van der Waals surface area contributed by atoms with E-state index in [1.165, 1.54) is 12.7 Å². The van der Waals surface area contributed by atoms with Crippen LogP contribution in [0.1, 0.15) is 45.2 Å². The van der Waals surface area contributed by atoms with Crippen molar-refractivity contribution in [3.8, 4) is 0 Å². The van der Waals surface area contributed by atoms with Crippen molar-refractivity contribution in [2.24, 2.45) is 0 Å². The van der Waals surface area contributed by atoms with E-state index in [9.17, 15) is 4.39 Å². The van der Waals surface area contributed by atoms with Crippen molar-refractivity contribution in [2.75, 3.05) is 24.5 Å². The second-order valence-electron chi connectivity index (χ2n) is 5.40. The molecule has 1 aromatic rings. The lowest BCUT2D eigenvalue weighted by Gasteiger charge is -2.27. The zero-order valence-corrected chi connectivity index (χ0v) is 12.5. The van der Waals surface area contributed by atoms with Gasteiger partial charge in [-0.25, -0.2) is 14.4 Å². The van der Waals surface area contributed by atoms with Crippen LogP contribution in [0.15, 0.2) is 6.33 Å². The Morgan fingerprint density at radius 2 is 2.25 bits per heavy atom. The standard InChI is InChI=1S/C15H25FN4/c1-3-5-9-20(10-12-7-6-8-17-12)15-14(16)13(4-2)18-11-19-15/h11-12,17H,3-10H2,1-2H3. The van der Waals surface area contributed by atoms with Gasteiger partial charge in [-0.05, 0) is 32.2 Å². The molecular formula is C15H25FN4. The Bertz CT molecular complexity index is 418. The fraction of sp³-hybridized carbons (Fsp3) is 0.733. The van der Waals surface area contributed by atoms with Gasteiger partial charge in [0.05, 0.1) is 5.69 Å². The van der Waals surface area contributed by atoms with Gasteiger partial charge in [0.15, 0.2) is 11.6 Å². The van der Waals surface area contributed by atoms with Crippen molar-refractivity contribution >= 4 is 5.82 Å². The molecule has 1 saturated heterocycles. The maximum atomic E-state index is 14.4. The van der Waals surface area contributed by atoms with Gasteiger partial charge in [-0.15, -0.1) is 0 Å². The molecule has 2 rings (SSSR count). The quantitative estimate of drug-likeness (QED) is 0.833. The molecule has 0 bridgehead atoms. The molecule has 20 heavy (non-hydrogen) atoms. The number of hydrogen-bond donors (Lipinski definition) is 1. The molecule has 0 aromatic carbocycles. The summed E-state index contributed by atoms with van der Waals surface area (Å²) in [5.41, 5.74) is 0.510. The molecule has 1 N–H and O–H groups in total. The Balaban J connectivity index is 2.16. The first-order valence-electron chi connectivity index (χ1n) is 7.74. The number of aromatic nitrogens is 2. The van der Waals surface area contributed by atoms with E-state index in [0.717, 1.165) is 38.9 Å². The summed E-state index contributed by atoms with van der Waals surface area (Å²) in [7, 11) is 0. The van der Waals surface area contributed by atoms with Crippen molar-refractivity contribution in [1.82, 2.24) is 15.3 Å². The molecule has 1 fully saturated rings. The van der Waals surface area contributed by atoms with Crippen molar-refractivity contribution in [3.63, 3.8) is 0 Å². The largest absolute Gasteiger partial charge is 0.353 e. The molecule has 0 saturated carbocycles. The van der Waals surface area contributed by atoms with Crippen LogP contribution in [0.5, 0.6) is 0 Å². The monoisotopic (exact) mass is 280 g/mol. The van der Waals surface area contributed by atoms with Gasteiger partial charge in [-0.2, -0.15) is 0 Å². The highest BCUT2D eigenvalue weighted by atomic mass is 19.1.